The summed E-state index contributed by atoms with van der Waals surface area (Å²) in [6, 6.07) is 0. The summed E-state index contributed by atoms with van der Waals surface area (Å²) in [5.41, 5.74) is 0.643. The lowest BCUT2D eigenvalue weighted by atomic mass is 9.89. The van der Waals surface area contributed by atoms with Gasteiger partial charge in [0.15, 0.2) is 0 Å². The van der Waals surface area contributed by atoms with E-state index in [1.807, 2.05) is 11.9 Å². The summed E-state index contributed by atoms with van der Waals surface area (Å²) in [5, 5.41) is 0. The molecule has 0 aliphatic rings. The fraction of sp³-hybridized carbons (Fsp3) is 0.933. The molecule has 0 aliphatic carbocycles. The zero-order chi connectivity index (χ0) is 13.7. The molecule has 0 N–H and O–H groups in total. The Kier molecular flexibility index (Phi) is 6.22. The van der Waals surface area contributed by atoms with Crippen molar-refractivity contribution in [1.82, 2.24) is 4.90 Å². The minimum atomic E-state index is 0.290. The van der Waals surface area contributed by atoms with Crippen molar-refractivity contribution < 1.29 is 4.79 Å². The van der Waals surface area contributed by atoms with E-state index >= 15 is 0 Å². The van der Waals surface area contributed by atoms with Crippen LogP contribution in [0.1, 0.15) is 67.2 Å². The number of hydrogen-bond acceptors (Lipinski definition) is 1. The second-order valence-corrected chi connectivity index (χ2v) is 7.54. The highest BCUT2D eigenvalue weighted by Gasteiger charge is 2.16. The molecule has 102 valence electrons. The van der Waals surface area contributed by atoms with Crippen LogP contribution in [0.3, 0.4) is 0 Å². The lowest BCUT2D eigenvalue weighted by Crippen LogP contribution is -2.29. The van der Waals surface area contributed by atoms with Gasteiger partial charge in [0.05, 0.1) is 0 Å². The van der Waals surface area contributed by atoms with Gasteiger partial charge < -0.3 is 4.90 Å². The van der Waals surface area contributed by atoms with Crippen molar-refractivity contribution in [3.8, 4) is 0 Å². The molecular weight excluding hydrogens is 210 g/mol. The Bertz CT molecular complexity index is 232. The first-order valence-electron chi connectivity index (χ1n) is 6.75. The first-order valence-corrected chi connectivity index (χ1v) is 6.75. The van der Waals surface area contributed by atoms with Crippen molar-refractivity contribution in [2.24, 2.45) is 10.8 Å². The molecule has 0 bridgehead atoms. The molecule has 0 saturated carbocycles. The second-order valence-electron chi connectivity index (χ2n) is 7.54. The van der Waals surface area contributed by atoms with Crippen molar-refractivity contribution in [3.63, 3.8) is 0 Å². The van der Waals surface area contributed by atoms with Crippen LogP contribution < -0.4 is 0 Å². The average Bonchev–Trinajstić information content (AvgIpc) is 2.10. The maximum atomic E-state index is 11.9. The first-order chi connectivity index (χ1) is 7.51. The van der Waals surface area contributed by atoms with Crippen LogP contribution in [0.5, 0.6) is 0 Å². The van der Waals surface area contributed by atoms with Gasteiger partial charge in [0.2, 0.25) is 5.91 Å². The maximum absolute atomic E-state index is 11.9. The third-order valence-electron chi connectivity index (χ3n) is 2.94. The van der Waals surface area contributed by atoms with Crippen LogP contribution in [0, 0.1) is 10.8 Å². The third-order valence-corrected chi connectivity index (χ3v) is 2.94. The van der Waals surface area contributed by atoms with Gasteiger partial charge in [0.1, 0.15) is 0 Å². The number of carbonyl (C=O) groups excluding carboxylic acids is 1. The molecule has 0 unspecified atom stereocenters. The minimum absolute atomic E-state index is 0.290. The summed E-state index contributed by atoms with van der Waals surface area (Å²) in [6.07, 6.45) is 3.88. The van der Waals surface area contributed by atoms with Crippen molar-refractivity contribution in [3.05, 3.63) is 0 Å². The van der Waals surface area contributed by atoms with Gasteiger partial charge in [-0.1, -0.05) is 41.5 Å². The molecule has 0 radical (unpaired) electrons. The summed E-state index contributed by atoms with van der Waals surface area (Å²) < 4.78 is 0. The lowest BCUT2D eigenvalue weighted by molar-refractivity contribution is -0.130. The molecule has 0 spiro atoms. The van der Waals surface area contributed by atoms with Gasteiger partial charge in [-0.3, -0.25) is 4.79 Å². The number of rotatable bonds is 5. The van der Waals surface area contributed by atoms with Crippen LogP contribution >= 0.6 is 0 Å². The molecule has 1 amide bonds. The molecule has 2 heteroatoms. The van der Waals surface area contributed by atoms with Gasteiger partial charge in [-0.25, -0.2) is 0 Å². The topological polar surface area (TPSA) is 20.3 Å². The van der Waals surface area contributed by atoms with Crippen molar-refractivity contribution >= 4 is 5.91 Å². The molecule has 0 saturated heterocycles. The molecule has 0 atom stereocenters. The molecular formula is C15H31NO. The lowest BCUT2D eigenvalue weighted by Gasteiger charge is -2.24. The normalized spacial score (nSPS) is 12.6. The zero-order valence-corrected chi connectivity index (χ0v) is 12.9. The molecule has 0 aromatic heterocycles. The highest BCUT2D eigenvalue weighted by Crippen LogP contribution is 2.22. The van der Waals surface area contributed by atoms with Crippen molar-refractivity contribution in [2.45, 2.75) is 67.2 Å². The molecule has 0 aromatic rings. The highest BCUT2D eigenvalue weighted by atomic mass is 16.2. The molecule has 0 rings (SSSR count). The van der Waals surface area contributed by atoms with E-state index in [9.17, 15) is 4.79 Å². The van der Waals surface area contributed by atoms with E-state index in [1.165, 1.54) is 0 Å². The van der Waals surface area contributed by atoms with Gasteiger partial charge in [-0.15, -0.1) is 0 Å². The van der Waals surface area contributed by atoms with Crippen LogP contribution in [-0.2, 0) is 4.79 Å². The number of hydrogen-bond donors (Lipinski definition) is 0. The SMILES string of the molecule is CN(CCC(C)(C)C)C(=O)CCCC(C)(C)C. The van der Waals surface area contributed by atoms with E-state index in [2.05, 4.69) is 41.5 Å². The Balaban J connectivity index is 3.83. The second kappa shape index (κ2) is 6.42. The Hall–Kier alpha value is -0.530. The Labute approximate surface area is 108 Å². The van der Waals surface area contributed by atoms with Crippen LogP contribution in [0.15, 0.2) is 0 Å². The van der Waals surface area contributed by atoms with E-state index in [0.29, 0.717) is 23.2 Å². The number of carbonyl (C=O) groups is 1. The van der Waals surface area contributed by atoms with Crippen molar-refractivity contribution in [1.29, 1.82) is 0 Å². The molecule has 0 aromatic carbocycles. The Morgan fingerprint density at radius 3 is 1.82 bits per heavy atom. The smallest absolute Gasteiger partial charge is 0.222 e. The van der Waals surface area contributed by atoms with Crippen molar-refractivity contribution in [2.75, 3.05) is 13.6 Å². The molecule has 0 aliphatic heterocycles. The van der Waals surface area contributed by atoms with Crippen LogP contribution in [0.25, 0.3) is 0 Å². The monoisotopic (exact) mass is 241 g/mol. The van der Waals surface area contributed by atoms with Crippen LogP contribution in [0.4, 0.5) is 0 Å². The van der Waals surface area contributed by atoms with E-state index in [1.54, 1.807) is 0 Å². The van der Waals surface area contributed by atoms with Gasteiger partial charge in [0, 0.05) is 20.0 Å². The fourth-order valence-electron chi connectivity index (χ4n) is 1.59. The van der Waals surface area contributed by atoms with E-state index in [-0.39, 0.29) is 0 Å². The maximum Gasteiger partial charge on any atom is 0.222 e. The van der Waals surface area contributed by atoms with Gasteiger partial charge in [-0.05, 0) is 30.1 Å². The van der Waals surface area contributed by atoms with Crippen LogP contribution in [-0.4, -0.2) is 24.4 Å². The number of amides is 1. The third kappa shape index (κ3) is 10.3. The predicted molar refractivity (Wildman–Crippen MR) is 75.0 cm³/mol. The average molecular weight is 241 g/mol. The summed E-state index contributed by atoms with van der Waals surface area (Å²) in [5.74, 6) is 0.290. The highest BCUT2D eigenvalue weighted by molar-refractivity contribution is 5.75. The standard InChI is InChI=1S/C15H31NO/c1-14(2,3)10-8-9-13(17)16(7)12-11-15(4,5)6/h8-12H2,1-7H3. The zero-order valence-electron chi connectivity index (χ0n) is 12.9. The fourth-order valence-corrected chi connectivity index (χ4v) is 1.59. The molecule has 17 heavy (non-hydrogen) atoms. The Morgan fingerprint density at radius 1 is 0.941 bits per heavy atom. The van der Waals surface area contributed by atoms with E-state index in [0.717, 1.165) is 25.8 Å². The summed E-state index contributed by atoms with van der Waals surface area (Å²) in [4.78, 5) is 13.8. The number of nitrogens with zero attached hydrogens (tertiary/aromatic N) is 1. The molecule has 2 nitrogen and oxygen atoms in total. The largest absolute Gasteiger partial charge is 0.346 e. The van der Waals surface area contributed by atoms with Gasteiger partial charge in [0.25, 0.3) is 0 Å². The van der Waals surface area contributed by atoms with Gasteiger partial charge in [-0.2, -0.15) is 0 Å². The molecule has 0 heterocycles. The van der Waals surface area contributed by atoms with E-state index < -0.39 is 0 Å². The summed E-state index contributed by atoms with van der Waals surface area (Å²) in [7, 11) is 1.92. The summed E-state index contributed by atoms with van der Waals surface area (Å²) in [6.45, 7) is 14.2. The van der Waals surface area contributed by atoms with Crippen LogP contribution in [0.2, 0.25) is 0 Å². The predicted octanol–water partition coefficient (Wildman–Crippen LogP) is 4.10. The molecule has 0 fully saturated rings. The Morgan fingerprint density at radius 2 is 1.41 bits per heavy atom. The quantitative estimate of drug-likeness (QED) is 0.709. The summed E-state index contributed by atoms with van der Waals surface area (Å²) >= 11 is 0. The minimum Gasteiger partial charge on any atom is -0.346 e. The van der Waals surface area contributed by atoms with E-state index in [4.69, 9.17) is 0 Å². The first kappa shape index (κ1) is 16.5. The van der Waals surface area contributed by atoms with Gasteiger partial charge >= 0.3 is 0 Å².